The number of benzene rings is 2. The number of methoxy groups -OCH3 is 1. The van der Waals surface area contributed by atoms with Gasteiger partial charge in [0.15, 0.2) is 11.0 Å². The lowest BCUT2D eigenvalue weighted by atomic mass is 10.2. The van der Waals surface area contributed by atoms with Gasteiger partial charge < -0.3 is 14.8 Å². The van der Waals surface area contributed by atoms with Gasteiger partial charge in [-0.05, 0) is 61.9 Å². The minimum absolute atomic E-state index is 0.181. The van der Waals surface area contributed by atoms with E-state index in [1.807, 2.05) is 35.8 Å². The zero-order valence-corrected chi connectivity index (χ0v) is 19.1. The van der Waals surface area contributed by atoms with E-state index in [2.05, 4.69) is 29.4 Å². The van der Waals surface area contributed by atoms with E-state index in [0.717, 1.165) is 23.0 Å². The molecule has 0 aliphatic rings. The van der Waals surface area contributed by atoms with Gasteiger partial charge in [0.25, 0.3) is 5.91 Å². The van der Waals surface area contributed by atoms with Gasteiger partial charge in [0.05, 0.1) is 20.3 Å². The summed E-state index contributed by atoms with van der Waals surface area (Å²) < 4.78 is 12.7. The molecule has 0 bridgehead atoms. The molecule has 3 aromatic rings. The third-order valence-electron chi connectivity index (χ3n) is 4.75. The summed E-state index contributed by atoms with van der Waals surface area (Å²) in [5, 5.41) is 12.9. The van der Waals surface area contributed by atoms with Gasteiger partial charge in [0.1, 0.15) is 11.5 Å². The molecule has 31 heavy (non-hydrogen) atoms. The molecular formula is C23H28N4O3S. The summed E-state index contributed by atoms with van der Waals surface area (Å²) in [5.41, 5.74) is 1.48. The highest BCUT2D eigenvalue weighted by atomic mass is 32.2. The molecule has 7 nitrogen and oxygen atoms in total. The smallest absolute Gasteiger partial charge is 0.251 e. The van der Waals surface area contributed by atoms with Gasteiger partial charge in [0, 0.05) is 16.5 Å². The molecule has 164 valence electrons. The summed E-state index contributed by atoms with van der Waals surface area (Å²) in [7, 11) is 1.60. The molecule has 2 aromatic carbocycles. The van der Waals surface area contributed by atoms with Gasteiger partial charge in [-0.1, -0.05) is 25.6 Å². The summed E-state index contributed by atoms with van der Waals surface area (Å²) >= 11 is 1.67. The first-order valence-corrected chi connectivity index (χ1v) is 11.2. The summed E-state index contributed by atoms with van der Waals surface area (Å²) in [6, 6.07) is 14.8. The normalized spacial score (nSPS) is 11.7. The lowest BCUT2D eigenvalue weighted by Gasteiger charge is -2.13. The lowest BCUT2D eigenvalue weighted by Crippen LogP contribution is -2.24. The highest BCUT2D eigenvalue weighted by molar-refractivity contribution is 7.99. The number of ether oxygens (including phenoxy) is 2. The fraction of sp³-hybridized carbons (Fsp3) is 0.348. The molecule has 1 N–H and O–H groups in total. The lowest BCUT2D eigenvalue weighted by molar-refractivity contribution is 0.0949. The van der Waals surface area contributed by atoms with Crippen LogP contribution in [0, 0.1) is 0 Å². The number of nitrogens with one attached hydrogen (secondary N) is 1. The van der Waals surface area contributed by atoms with Crippen molar-refractivity contribution < 1.29 is 14.3 Å². The SMILES string of the molecule is CCOc1ccc(-n2c(CNC(=O)c3ccc(OC)cc3)nnc2SC(C)CC)cc1. The van der Waals surface area contributed by atoms with Crippen LogP contribution in [-0.4, -0.2) is 39.6 Å². The van der Waals surface area contributed by atoms with Crippen LogP contribution in [-0.2, 0) is 6.54 Å². The number of carbonyl (C=O) groups is 1. The van der Waals surface area contributed by atoms with Crippen molar-refractivity contribution in [2.75, 3.05) is 13.7 Å². The van der Waals surface area contributed by atoms with Crippen LogP contribution in [0.1, 0.15) is 43.4 Å². The maximum Gasteiger partial charge on any atom is 0.251 e. The Balaban J connectivity index is 1.82. The molecule has 8 heteroatoms. The van der Waals surface area contributed by atoms with Gasteiger partial charge >= 0.3 is 0 Å². The first-order valence-electron chi connectivity index (χ1n) is 10.3. The Morgan fingerprint density at radius 2 is 1.74 bits per heavy atom. The second-order valence-corrected chi connectivity index (χ2v) is 8.31. The van der Waals surface area contributed by atoms with Crippen LogP contribution in [0.15, 0.2) is 53.7 Å². The fourth-order valence-electron chi connectivity index (χ4n) is 2.88. The van der Waals surface area contributed by atoms with Crippen LogP contribution in [0.25, 0.3) is 5.69 Å². The predicted molar refractivity (Wildman–Crippen MR) is 122 cm³/mol. The molecule has 1 heterocycles. The van der Waals surface area contributed by atoms with E-state index in [9.17, 15) is 4.79 Å². The number of thioether (sulfide) groups is 1. The second kappa shape index (κ2) is 10.9. The fourth-order valence-corrected chi connectivity index (χ4v) is 3.81. The number of carbonyl (C=O) groups excluding carboxylic acids is 1. The highest BCUT2D eigenvalue weighted by Gasteiger charge is 2.17. The second-order valence-electron chi connectivity index (χ2n) is 6.91. The number of aromatic nitrogens is 3. The third-order valence-corrected chi connectivity index (χ3v) is 5.96. The van der Waals surface area contributed by atoms with Crippen LogP contribution < -0.4 is 14.8 Å². The van der Waals surface area contributed by atoms with Crippen LogP contribution in [0.2, 0.25) is 0 Å². The largest absolute Gasteiger partial charge is 0.497 e. The first-order chi connectivity index (χ1) is 15.0. The van der Waals surface area contributed by atoms with Crippen molar-refractivity contribution >= 4 is 17.7 Å². The topological polar surface area (TPSA) is 78.3 Å². The summed E-state index contributed by atoms with van der Waals surface area (Å²) in [6.07, 6.45) is 1.02. The van der Waals surface area contributed by atoms with Crippen molar-refractivity contribution in [3.63, 3.8) is 0 Å². The predicted octanol–water partition coefficient (Wildman–Crippen LogP) is 4.50. The average molecular weight is 441 g/mol. The zero-order chi connectivity index (χ0) is 22.2. The number of hydrogen-bond acceptors (Lipinski definition) is 6. The molecule has 1 amide bonds. The Bertz CT molecular complexity index is 987. The van der Waals surface area contributed by atoms with Gasteiger partial charge in [-0.2, -0.15) is 0 Å². The molecule has 1 unspecified atom stereocenters. The Kier molecular flexibility index (Phi) is 7.94. The van der Waals surface area contributed by atoms with E-state index in [1.165, 1.54) is 0 Å². The van der Waals surface area contributed by atoms with E-state index in [4.69, 9.17) is 9.47 Å². The van der Waals surface area contributed by atoms with E-state index >= 15 is 0 Å². The first kappa shape index (κ1) is 22.7. The number of amides is 1. The average Bonchev–Trinajstić information content (AvgIpc) is 3.20. The Morgan fingerprint density at radius 3 is 2.35 bits per heavy atom. The standard InChI is InChI=1S/C23H28N4O3S/c1-5-16(3)31-23-26-25-21(27(23)18-9-13-20(14-10-18)30-6-2)15-24-22(28)17-7-11-19(29-4)12-8-17/h7-14,16H,5-6,15H2,1-4H3,(H,24,28). The molecule has 3 rings (SSSR count). The molecule has 0 aliphatic carbocycles. The molecule has 0 saturated carbocycles. The monoisotopic (exact) mass is 440 g/mol. The highest BCUT2D eigenvalue weighted by Crippen LogP contribution is 2.28. The molecule has 0 aliphatic heterocycles. The Hall–Kier alpha value is -3.00. The molecule has 0 spiro atoms. The number of hydrogen-bond donors (Lipinski definition) is 1. The van der Waals surface area contributed by atoms with E-state index in [1.54, 1.807) is 43.1 Å². The van der Waals surface area contributed by atoms with Crippen LogP contribution in [0.3, 0.4) is 0 Å². The van der Waals surface area contributed by atoms with Crippen LogP contribution >= 0.6 is 11.8 Å². The summed E-state index contributed by atoms with van der Waals surface area (Å²) in [6.45, 7) is 7.13. The Morgan fingerprint density at radius 1 is 1.06 bits per heavy atom. The molecular weight excluding hydrogens is 412 g/mol. The van der Waals surface area contributed by atoms with Crippen LogP contribution in [0.5, 0.6) is 11.5 Å². The van der Waals surface area contributed by atoms with Crippen molar-refractivity contribution in [1.82, 2.24) is 20.1 Å². The van der Waals surface area contributed by atoms with Crippen LogP contribution in [0.4, 0.5) is 0 Å². The van der Waals surface area contributed by atoms with Gasteiger partial charge in [-0.15, -0.1) is 10.2 Å². The minimum Gasteiger partial charge on any atom is -0.497 e. The van der Waals surface area contributed by atoms with Crippen molar-refractivity contribution in [2.24, 2.45) is 0 Å². The maximum absolute atomic E-state index is 12.6. The third kappa shape index (κ3) is 5.79. The van der Waals surface area contributed by atoms with E-state index in [-0.39, 0.29) is 12.5 Å². The Labute approximate surface area is 187 Å². The van der Waals surface area contributed by atoms with Gasteiger partial charge in [-0.25, -0.2) is 0 Å². The van der Waals surface area contributed by atoms with E-state index in [0.29, 0.717) is 29.0 Å². The van der Waals surface area contributed by atoms with Gasteiger partial charge in [-0.3, -0.25) is 9.36 Å². The maximum atomic E-state index is 12.6. The van der Waals surface area contributed by atoms with Crippen molar-refractivity contribution in [3.05, 3.63) is 59.9 Å². The van der Waals surface area contributed by atoms with Crippen molar-refractivity contribution in [2.45, 2.75) is 44.1 Å². The number of rotatable bonds is 10. The van der Waals surface area contributed by atoms with E-state index < -0.39 is 0 Å². The molecule has 0 radical (unpaired) electrons. The van der Waals surface area contributed by atoms with Gasteiger partial charge in [0.2, 0.25) is 0 Å². The molecule has 0 fully saturated rings. The van der Waals surface area contributed by atoms with Crippen molar-refractivity contribution in [1.29, 1.82) is 0 Å². The number of nitrogens with zero attached hydrogens (tertiary/aromatic N) is 3. The summed E-state index contributed by atoms with van der Waals surface area (Å²) in [5.74, 6) is 2.00. The zero-order valence-electron chi connectivity index (χ0n) is 18.3. The minimum atomic E-state index is -0.181. The quantitative estimate of drug-likeness (QED) is 0.468. The molecule has 0 saturated heterocycles. The molecule has 1 aromatic heterocycles. The van der Waals surface area contributed by atoms with Crippen molar-refractivity contribution in [3.8, 4) is 17.2 Å². The molecule has 1 atom stereocenters. The summed E-state index contributed by atoms with van der Waals surface area (Å²) in [4.78, 5) is 12.6.